The van der Waals surface area contributed by atoms with Crippen molar-refractivity contribution in [1.29, 1.82) is 0 Å². The van der Waals surface area contributed by atoms with Crippen LogP contribution in [0.1, 0.15) is 20.3 Å². The summed E-state index contributed by atoms with van der Waals surface area (Å²) in [5, 5.41) is 2.99. The lowest BCUT2D eigenvalue weighted by Crippen LogP contribution is -2.34. The van der Waals surface area contributed by atoms with Gasteiger partial charge in [0.05, 0.1) is 16.1 Å². The zero-order valence-corrected chi connectivity index (χ0v) is 19.5. The molecule has 0 saturated carbocycles. The summed E-state index contributed by atoms with van der Waals surface area (Å²) in [5.74, 6) is 0.159. The summed E-state index contributed by atoms with van der Waals surface area (Å²) >= 11 is 6.06. The van der Waals surface area contributed by atoms with Crippen LogP contribution in [-0.2, 0) is 11.3 Å². The molecule has 1 N–H and O–H groups in total. The lowest BCUT2D eigenvalue weighted by Gasteiger charge is -2.23. The topological polar surface area (TPSA) is 53.4 Å². The van der Waals surface area contributed by atoms with E-state index in [1.165, 1.54) is 13.0 Å². The number of nitrogens with one attached hydrogen (secondary N) is 1. The summed E-state index contributed by atoms with van der Waals surface area (Å²) in [6, 6.07) is 10.9. The average molecular weight is 458 g/mol. The van der Waals surface area contributed by atoms with Gasteiger partial charge in [0.25, 0.3) is 0 Å². The number of halogens is 2. The molecule has 1 fully saturated rings. The molecule has 2 aromatic carbocycles. The van der Waals surface area contributed by atoms with Crippen LogP contribution >= 0.6 is 11.6 Å². The van der Waals surface area contributed by atoms with Crippen molar-refractivity contribution >= 4 is 34.2 Å². The molecule has 8 heteroatoms. The van der Waals surface area contributed by atoms with Gasteiger partial charge in [-0.05, 0) is 63.3 Å². The molecule has 3 aromatic rings. The van der Waals surface area contributed by atoms with Gasteiger partial charge in [0.2, 0.25) is 5.91 Å². The van der Waals surface area contributed by atoms with Gasteiger partial charge in [-0.1, -0.05) is 11.6 Å². The first-order valence-electron chi connectivity index (χ1n) is 11.0. The van der Waals surface area contributed by atoms with Crippen LogP contribution in [0.25, 0.3) is 22.4 Å². The number of nitrogens with zero attached hydrogens (tertiary/aromatic N) is 4. The molecule has 6 nitrogen and oxygen atoms in total. The standard InChI is InChI=1S/C24H29ClFN5O/c1-16(27-17(2)32)15-31-23-8-6-19(30-10-4-9-29(3)11-12-30)14-22(23)28-24(31)18-5-7-21(26)20(25)13-18/h5-8,13-14,16H,4,9-12,15H2,1-3H3,(H,27,32). The average Bonchev–Trinajstić information content (AvgIpc) is 2.93. The summed E-state index contributed by atoms with van der Waals surface area (Å²) < 4.78 is 15.8. The van der Waals surface area contributed by atoms with E-state index in [1.807, 2.05) is 6.92 Å². The zero-order chi connectivity index (χ0) is 22.8. The Labute approximate surface area is 193 Å². The van der Waals surface area contributed by atoms with Crippen molar-refractivity contribution in [3.63, 3.8) is 0 Å². The number of amides is 1. The maximum atomic E-state index is 13.8. The third-order valence-electron chi connectivity index (χ3n) is 5.90. The lowest BCUT2D eigenvalue weighted by molar-refractivity contribution is -0.119. The minimum Gasteiger partial charge on any atom is -0.370 e. The quantitative estimate of drug-likeness (QED) is 0.625. The number of hydrogen-bond acceptors (Lipinski definition) is 4. The van der Waals surface area contributed by atoms with Crippen molar-refractivity contribution in [2.45, 2.75) is 32.9 Å². The van der Waals surface area contributed by atoms with Crippen molar-refractivity contribution in [2.75, 3.05) is 38.1 Å². The number of carbonyl (C=O) groups excluding carboxylic acids is 1. The Bertz CT molecular complexity index is 1130. The highest BCUT2D eigenvalue weighted by atomic mass is 35.5. The van der Waals surface area contributed by atoms with Crippen molar-refractivity contribution < 1.29 is 9.18 Å². The molecular formula is C24H29ClFN5O. The summed E-state index contributed by atoms with van der Waals surface area (Å²) in [6.45, 7) is 8.11. The molecule has 0 bridgehead atoms. The highest BCUT2D eigenvalue weighted by Gasteiger charge is 2.19. The van der Waals surface area contributed by atoms with E-state index in [1.54, 1.807) is 12.1 Å². The first-order valence-corrected chi connectivity index (χ1v) is 11.4. The molecular weight excluding hydrogens is 429 g/mol. The number of likely N-dealkylation sites (N-methyl/N-ethyl adjacent to an activating group) is 1. The molecule has 1 aromatic heterocycles. The molecule has 1 aliphatic heterocycles. The van der Waals surface area contributed by atoms with E-state index >= 15 is 0 Å². The van der Waals surface area contributed by atoms with Gasteiger partial charge >= 0.3 is 0 Å². The Morgan fingerprint density at radius 3 is 2.75 bits per heavy atom. The van der Waals surface area contributed by atoms with E-state index in [-0.39, 0.29) is 17.0 Å². The molecule has 1 unspecified atom stereocenters. The van der Waals surface area contributed by atoms with Crippen LogP contribution in [0.4, 0.5) is 10.1 Å². The summed E-state index contributed by atoms with van der Waals surface area (Å²) in [7, 11) is 2.16. The van der Waals surface area contributed by atoms with Gasteiger partial charge in [-0.25, -0.2) is 9.37 Å². The second-order valence-electron chi connectivity index (χ2n) is 8.59. The first kappa shape index (κ1) is 22.6. The largest absolute Gasteiger partial charge is 0.370 e. The van der Waals surface area contributed by atoms with E-state index in [4.69, 9.17) is 16.6 Å². The monoisotopic (exact) mass is 457 g/mol. The number of carbonyl (C=O) groups is 1. The van der Waals surface area contributed by atoms with Crippen LogP contribution in [-0.4, -0.2) is 59.6 Å². The smallest absolute Gasteiger partial charge is 0.217 e. The fraction of sp³-hybridized carbons (Fsp3) is 0.417. The number of anilines is 1. The normalized spacial score (nSPS) is 16.2. The van der Waals surface area contributed by atoms with Gasteiger partial charge in [-0.15, -0.1) is 0 Å². The molecule has 4 rings (SSSR count). The molecule has 0 radical (unpaired) electrons. The third-order valence-corrected chi connectivity index (χ3v) is 6.19. The van der Waals surface area contributed by atoms with Gasteiger partial charge in [0.15, 0.2) is 0 Å². The fourth-order valence-electron chi connectivity index (χ4n) is 4.33. The van der Waals surface area contributed by atoms with E-state index in [0.717, 1.165) is 54.9 Å². The SMILES string of the molecule is CC(=O)NC(C)Cn1c(-c2ccc(F)c(Cl)c2)nc2cc(N3CCCN(C)CC3)ccc21. The van der Waals surface area contributed by atoms with Crippen LogP contribution in [0.3, 0.4) is 0 Å². The highest BCUT2D eigenvalue weighted by Crippen LogP contribution is 2.30. The number of imidazole rings is 1. The van der Waals surface area contributed by atoms with Crippen LogP contribution in [0.15, 0.2) is 36.4 Å². The second-order valence-corrected chi connectivity index (χ2v) is 9.00. The van der Waals surface area contributed by atoms with E-state index in [2.05, 4.69) is 44.9 Å². The minimum absolute atomic E-state index is 0.0605. The molecule has 1 saturated heterocycles. The molecule has 1 atom stereocenters. The van der Waals surface area contributed by atoms with Gasteiger partial charge in [-0.3, -0.25) is 4.79 Å². The lowest BCUT2D eigenvalue weighted by atomic mass is 10.2. The van der Waals surface area contributed by atoms with Crippen molar-refractivity contribution in [3.8, 4) is 11.4 Å². The van der Waals surface area contributed by atoms with Gasteiger partial charge < -0.3 is 19.7 Å². The van der Waals surface area contributed by atoms with Gasteiger partial charge in [0, 0.05) is 50.4 Å². The maximum Gasteiger partial charge on any atom is 0.217 e. The van der Waals surface area contributed by atoms with Gasteiger partial charge in [-0.2, -0.15) is 0 Å². The Hall–Kier alpha value is -2.64. The second kappa shape index (κ2) is 9.46. The molecule has 1 amide bonds. The number of benzene rings is 2. The zero-order valence-electron chi connectivity index (χ0n) is 18.7. The summed E-state index contributed by atoms with van der Waals surface area (Å²) in [4.78, 5) is 21.2. The van der Waals surface area contributed by atoms with Crippen molar-refractivity contribution in [2.24, 2.45) is 0 Å². The predicted molar refractivity (Wildman–Crippen MR) is 128 cm³/mol. The third kappa shape index (κ3) is 4.89. The highest BCUT2D eigenvalue weighted by molar-refractivity contribution is 6.31. The molecule has 2 heterocycles. The number of hydrogen-bond donors (Lipinski definition) is 1. The van der Waals surface area contributed by atoms with E-state index in [0.29, 0.717) is 12.4 Å². The Morgan fingerprint density at radius 2 is 2.00 bits per heavy atom. The van der Waals surface area contributed by atoms with E-state index < -0.39 is 5.82 Å². The van der Waals surface area contributed by atoms with Crippen LogP contribution < -0.4 is 10.2 Å². The maximum absolute atomic E-state index is 13.8. The van der Waals surface area contributed by atoms with Gasteiger partial charge in [0.1, 0.15) is 11.6 Å². The molecule has 0 aliphatic carbocycles. The Kier molecular flexibility index (Phi) is 6.67. The number of rotatable bonds is 5. The number of fused-ring (bicyclic) bond motifs is 1. The minimum atomic E-state index is -0.460. The fourth-order valence-corrected chi connectivity index (χ4v) is 4.51. The van der Waals surface area contributed by atoms with Crippen LogP contribution in [0.5, 0.6) is 0 Å². The molecule has 32 heavy (non-hydrogen) atoms. The van der Waals surface area contributed by atoms with Crippen LogP contribution in [0, 0.1) is 5.82 Å². The predicted octanol–water partition coefficient (Wildman–Crippen LogP) is 4.16. The first-order chi connectivity index (χ1) is 15.3. The Balaban J connectivity index is 1.76. The summed E-state index contributed by atoms with van der Waals surface area (Å²) in [6.07, 6.45) is 1.12. The molecule has 1 aliphatic rings. The molecule has 170 valence electrons. The van der Waals surface area contributed by atoms with E-state index in [9.17, 15) is 9.18 Å². The van der Waals surface area contributed by atoms with Crippen LogP contribution in [0.2, 0.25) is 5.02 Å². The Morgan fingerprint density at radius 1 is 1.19 bits per heavy atom. The summed E-state index contributed by atoms with van der Waals surface area (Å²) in [5.41, 5.74) is 3.72. The number of aromatic nitrogens is 2. The van der Waals surface area contributed by atoms with Crippen molar-refractivity contribution in [3.05, 3.63) is 47.2 Å². The van der Waals surface area contributed by atoms with Crippen molar-refractivity contribution in [1.82, 2.24) is 19.8 Å². The molecule has 0 spiro atoms.